The molecule has 17 heavy (non-hydrogen) atoms. The number of halogens is 3. The molecule has 1 heterocycles. The molecule has 0 aliphatic heterocycles. The van der Waals surface area contributed by atoms with Gasteiger partial charge in [-0.3, -0.25) is 0 Å². The molecule has 90 valence electrons. The molecule has 1 aromatic carbocycles. The van der Waals surface area contributed by atoms with Crippen molar-refractivity contribution in [3.8, 4) is 11.5 Å². The van der Waals surface area contributed by atoms with E-state index in [-0.39, 0.29) is 5.52 Å². The number of phenolic OH excluding ortho intramolecular Hbond substituents is 2. The number of aromatic nitrogens is 2. The minimum absolute atomic E-state index is 0.351. The van der Waals surface area contributed by atoms with E-state index in [1.165, 1.54) is 4.98 Å². The predicted octanol–water partition coefficient (Wildman–Crippen LogP) is 1.35. The van der Waals surface area contributed by atoms with Gasteiger partial charge in [0.15, 0.2) is 11.5 Å². The summed E-state index contributed by atoms with van der Waals surface area (Å²) in [6.07, 6.45) is -4.87. The first kappa shape index (κ1) is 11.2. The van der Waals surface area contributed by atoms with Crippen LogP contribution in [0.1, 0.15) is 5.69 Å². The molecular formula is C9H5F3N2O3. The summed E-state index contributed by atoms with van der Waals surface area (Å²) in [7, 11) is 0. The molecule has 5 nitrogen and oxygen atoms in total. The number of phenols is 2. The Morgan fingerprint density at radius 2 is 1.88 bits per heavy atom. The van der Waals surface area contributed by atoms with Gasteiger partial charge in [-0.05, 0) is 12.1 Å². The van der Waals surface area contributed by atoms with Gasteiger partial charge in [-0.1, -0.05) is 0 Å². The molecule has 0 fully saturated rings. The number of hydrogen-bond donors (Lipinski definition) is 3. The smallest absolute Gasteiger partial charge is 0.432 e. The maximum Gasteiger partial charge on any atom is 0.432 e. The second-order valence-corrected chi connectivity index (χ2v) is 3.24. The molecule has 8 heteroatoms. The molecule has 0 aliphatic rings. The lowest BCUT2D eigenvalue weighted by atomic mass is 10.1. The fourth-order valence-electron chi connectivity index (χ4n) is 1.43. The molecule has 1 aromatic heterocycles. The van der Waals surface area contributed by atoms with E-state index >= 15 is 0 Å². The van der Waals surface area contributed by atoms with Crippen LogP contribution in [0.5, 0.6) is 11.5 Å². The van der Waals surface area contributed by atoms with Gasteiger partial charge in [-0.15, -0.1) is 0 Å². The van der Waals surface area contributed by atoms with Crippen LogP contribution in [0.25, 0.3) is 10.9 Å². The summed E-state index contributed by atoms with van der Waals surface area (Å²) >= 11 is 0. The minimum Gasteiger partial charge on any atom is -0.504 e. The molecule has 2 rings (SSSR count). The average molecular weight is 246 g/mol. The van der Waals surface area contributed by atoms with Crippen molar-refractivity contribution in [1.82, 2.24) is 9.97 Å². The van der Waals surface area contributed by atoms with Crippen molar-refractivity contribution in [2.24, 2.45) is 0 Å². The van der Waals surface area contributed by atoms with Crippen LogP contribution in [0.3, 0.4) is 0 Å². The lowest BCUT2D eigenvalue weighted by Gasteiger charge is -2.10. The molecule has 0 aliphatic carbocycles. The third-order valence-electron chi connectivity index (χ3n) is 2.12. The zero-order chi connectivity index (χ0) is 12.8. The highest BCUT2D eigenvalue weighted by atomic mass is 19.4. The van der Waals surface area contributed by atoms with Crippen LogP contribution in [0.2, 0.25) is 0 Å². The van der Waals surface area contributed by atoms with Crippen molar-refractivity contribution < 1.29 is 23.4 Å². The van der Waals surface area contributed by atoms with Crippen LogP contribution >= 0.6 is 0 Å². The zero-order valence-electron chi connectivity index (χ0n) is 8.04. The van der Waals surface area contributed by atoms with Gasteiger partial charge in [0.2, 0.25) is 0 Å². The standard InChI is InChI=1S/C9H5F3N2O3/c10-9(11,12)7-5-3(13-8(17)14-7)1-2-4(15)6(5)16/h1-2,15-16H,(H,13,14,17). The second kappa shape index (κ2) is 3.37. The van der Waals surface area contributed by atoms with Crippen molar-refractivity contribution in [2.45, 2.75) is 6.18 Å². The van der Waals surface area contributed by atoms with Crippen molar-refractivity contribution in [3.63, 3.8) is 0 Å². The Morgan fingerprint density at radius 3 is 2.47 bits per heavy atom. The van der Waals surface area contributed by atoms with E-state index in [1.54, 1.807) is 0 Å². The first-order valence-electron chi connectivity index (χ1n) is 4.33. The average Bonchev–Trinajstić information content (AvgIpc) is 2.21. The molecule has 0 bridgehead atoms. The van der Waals surface area contributed by atoms with E-state index in [0.717, 1.165) is 12.1 Å². The third kappa shape index (κ3) is 1.77. The summed E-state index contributed by atoms with van der Waals surface area (Å²) in [5, 5.41) is 17.8. The van der Waals surface area contributed by atoms with Crippen LogP contribution in [0.4, 0.5) is 13.2 Å². The van der Waals surface area contributed by atoms with Gasteiger partial charge in [0.05, 0.1) is 10.9 Å². The third-order valence-corrected chi connectivity index (χ3v) is 2.12. The van der Waals surface area contributed by atoms with Crippen LogP contribution in [-0.4, -0.2) is 20.2 Å². The number of benzene rings is 1. The molecule has 0 atom stereocenters. The van der Waals surface area contributed by atoms with E-state index in [4.69, 9.17) is 5.11 Å². The van der Waals surface area contributed by atoms with E-state index in [1.807, 2.05) is 0 Å². The first-order valence-corrected chi connectivity index (χ1v) is 4.33. The van der Waals surface area contributed by atoms with Crippen molar-refractivity contribution >= 4 is 10.9 Å². The number of hydrogen-bond acceptors (Lipinski definition) is 4. The minimum atomic E-state index is -4.87. The SMILES string of the molecule is O=c1nc2ccc(O)c(O)c2c(C(F)(F)F)[nH]1. The highest BCUT2D eigenvalue weighted by molar-refractivity contribution is 5.89. The van der Waals surface area contributed by atoms with E-state index in [2.05, 4.69) is 4.98 Å². The maximum atomic E-state index is 12.6. The number of aromatic amines is 1. The Balaban J connectivity index is 3.00. The molecule has 0 radical (unpaired) electrons. The number of H-pyrrole nitrogens is 1. The lowest BCUT2D eigenvalue weighted by molar-refractivity contribution is -0.140. The molecule has 2 aromatic rings. The summed E-state index contributed by atoms with van der Waals surface area (Å²) in [5.41, 5.74) is -2.98. The van der Waals surface area contributed by atoms with Crippen LogP contribution in [0.15, 0.2) is 16.9 Å². The second-order valence-electron chi connectivity index (χ2n) is 3.24. The van der Waals surface area contributed by atoms with Gasteiger partial charge >= 0.3 is 11.9 Å². The number of aromatic hydroxyl groups is 2. The number of nitrogens with one attached hydrogen (secondary N) is 1. The van der Waals surface area contributed by atoms with Crippen LogP contribution < -0.4 is 5.69 Å². The van der Waals surface area contributed by atoms with E-state index < -0.39 is 34.4 Å². The fraction of sp³-hybridized carbons (Fsp3) is 0.111. The Labute approximate surface area is 91.2 Å². The first-order chi connectivity index (χ1) is 7.80. The van der Waals surface area contributed by atoms with Gasteiger partial charge in [0, 0.05) is 0 Å². The van der Waals surface area contributed by atoms with Crippen LogP contribution in [-0.2, 0) is 6.18 Å². The highest BCUT2D eigenvalue weighted by Gasteiger charge is 2.36. The normalized spacial score (nSPS) is 11.9. The summed E-state index contributed by atoms with van der Waals surface area (Å²) in [6, 6.07) is 1.96. The Morgan fingerprint density at radius 1 is 1.24 bits per heavy atom. The topological polar surface area (TPSA) is 86.2 Å². The lowest BCUT2D eigenvalue weighted by Crippen LogP contribution is -2.19. The Kier molecular flexibility index (Phi) is 2.23. The quantitative estimate of drug-likeness (QED) is 0.612. The Bertz CT molecular complexity index is 648. The number of fused-ring (bicyclic) bond motifs is 1. The molecule has 0 saturated heterocycles. The van der Waals surface area contributed by atoms with Gasteiger partial charge in [-0.2, -0.15) is 18.2 Å². The summed E-state index contributed by atoms with van der Waals surface area (Å²) in [5.74, 6) is -1.70. The Hall–Kier alpha value is -2.25. The highest BCUT2D eigenvalue weighted by Crippen LogP contribution is 2.39. The van der Waals surface area contributed by atoms with Gasteiger partial charge in [-0.25, -0.2) is 4.79 Å². The zero-order valence-corrected chi connectivity index (χ0v) is 8.04. The maximum absolute atomic E-state index is 12.6. The molecule has 0 unspecified atom stereocenters. The molecule has 0 saturated carbocycles. The fourth-order valence-corrected chi connectivity index (χ4v) is 1.43. The van der Waals surface area contributed by atoms with E-state index in [0.29, 0.717) is 0 Å². The van der Waals surface area contributed by atoms with Crippen molar-refractivity contribution in [3.05, 3.63) is 28.3 Å². The van der Waals surface area contributed by atoms with Crippen molar-refractivity contribution in [2.75, 3.05) is 0 Å². The largest absolute Gasteiger partial charge is 0.504 e. The molecular weight excluding hydrogens is 241 g/mol. The van der Waals surface area contributed by atoms with Crippen molar-refractivity contribution in [1.29, 1.82) is 0 Å². The van der Waals surface area contributed by atoms with Gasteiger partial charge in [0.25, 0.3) is 0 Å². The monoisotopic (exact) mass is 246 g/mol. The van der Waals surface area contributed by atoms with Gasteiger partial charge in [0.1, 0.15) is 5.69 Å². The van der Waals surface area contributed by atoms with E-state index in [9.17, 15) is 23.1 Å². The summed E-state index contributed by atoms with van der Waals surface area (Å²) < 4.78 is 37.9. The predicted molar refractivity (Wildman–Crippen MR) is 50.7 cm³/mol. The summed E-state index contributed by atoms with van der Waals surface area (Å²) in [6.45, 7) is 0. The van der Waals surface area contributed by atoms with Crippen LogP contribution in [0, 0.1) is 0 Å². The molecule has 0 spiro atoms. The number of alkyl halides is 3. The molecule has 0 amide bonds. The number of rotatable bonds is 0. The summed E-state index contributed by atoms with van der Waals surface area (Å²) in [4.78, 5) is 15.7. The van der Waals surface area contributed by atoms with Gasteiger partial charge < -0.3 is 15.2 Å². The molecule has 3 N–H and O–H groups in total. The number of nitrogens with zero attached hydrogens (tertiary/aromatic N) is 1.